The highest BCUT2D eigenvalue weighted by Crippen LogP contribution is 2.24. The minimum Gasteiger partial charge on any atom is -0.235 e. The summed E-state index contributed by atoms with van der Waals surface area (Å²) in [6.07, 6.45) is -2.64. The summed E-state index contributed by atoms with van der Waals surface area (Å²) in [7, 11) is 0. The number of aromatic nitrogens is 1. The molecule has 1 rings (SSSR count). The van der Waals surface area contributed by atoms with Gasteiger partial charge in [0.1, 0.15) is 11.8 Å². The molecule has 0 aliphatic carbocycles. The van der Waals surface area contributed by atoms with E-state index in [-0.39, 0.29) is 11.4 Å². The number of hydrogen-bond acceptors (Lipinski definition) is 2. The second kappa shape index (κ2) is 3.79. The van der Waals surface area contributed by atoms with Crippen LogP contribution in [0.15, 0.2) is 10.5 Å². The maximum atomic E-state index is 12.2. The van der Waals surface area contributed by atoms with Crippen molar-refractivity contribution < 1.29 is 8.78 Å². The third-order valence-electron chi connectivity index (χ3n) is 1.49. The van der Waals surface area contributed by atoms with Crippen LogP contribution in [0.25, 0.3) is 0 Å². The van der Waals surface area contributed by atoms with Crippen LogP contribution >= 0.6 is 15.9 Å². The van der Waals surface area contributed by atoms with Crippen molar-refractivity contribution in [2.75, 3.05) is 0 Å². The number of nitrogens with zero attached hydrogens (tertiary/aromatic N) is 2. The van der Waals surface area contributed by atoms with Crippen molar-refractivity contribution in [3.05, 3.63) is 27.5 Å². The number of nitriles is 1. The van der Waals surface area contributed by atoms with E-state index in [2.05, 4.69) is 20.9 Å². The van der Waals surface area contributed by atoms with E-state index >= 15 is 0 Å². The highest BCUT2D eigenvalue weighted by atomic mass is 79.9. The minimum atomic E-state index is -2.64. The summed E-state index contributed by atoms with van der Waals surface area (Å²) < 4.78 is 24.9. The Morgan fingerprint density at radius 2 is 2.23 bits per heavy atom. The van der Waals surface area contributed by atoms with E-state index in [4.69, 9.17) is 5.26 Å². The summed E-state index contributed by atoms with van der Waals surface area (Å²) in [4.78, 5) is 3.49. The van der Waals surface area contributed by atoms with Crippen LogP contribution in [0.5, 0.6) is 0 Å². The van der Waals surface area contributed by atoms with Gasteiger partial charge in [-0.1, -0.05) is 0 Å². The monoisotopic (exact) mass is 246 g/mol. The molecular formula is C8H5BrF2N2. The summed E-state index contributed by atoms with van der Waals surface area (Å²) in [6.45, 7) is 1.64. The average Bonchev–Trinajstić information content (AvgIpc) is 2.09. The van der Waals surface area contributed by atoms with Crippen molar-refractivity contribution in [2.24, 2.45) is 0 Å². The van der Waals surface area contributed by atoms with E-state index in [1.54, 1.807) is 13.0 Å². The number of pyridine rings is 1. The Morgan fingerprint density at radius 1 is 1.62 bits per heavy atom. The molecule has 0 bridgehead atoms. The van der Waals surface area contributed by atoms with E-state index in [1.807, 2.05) is 0 Å². The lowest BCUT2D eigenvalue weighted by atomic mass is 10.2. The molecule has 0 N–H and O–H groups in total. The lowest BCUT2D eigenvalue weighted by Gasteiger charge is -2.03. The first-order chi connectivity index (χ1) is 6.06. The largest absolute Gasteiger partial charge is 0.280 e. The third kappa shape index (κ3) is 2.01. The smallest absolute Gasteiger partial charge is 0.235 e. The van der Waals surface area contributed by atoms with Crippen molar-refractivity contribution >= 4 is 15.9 Å². The van der Waals surface area contributed by atoms with Crippen LogP contribution in [-0.2, 0) is 0 Å². The molecule has 0 amide bonds. The quantitative estimate of drug-likeness (QED) is 0.764. The normalized spacial score (nSPS) is 10.2. The molecule has 1 heterocycles. The van der Waals surface area contributed by atoms with Gasteiger partial charge < -0.3 is 0 Å². The van der Waals surface area contributed by atoms with E-state index < -0.39 is 6.43 Å². The molecule has 5 heteroatoms. The van der Waals surface area contributed by atoms with Crippen molar-refractivity contribution in [1.29, 1.82) is 5.26 Å². The molecule has 2 nitrogen and oxygen atoms in total. The summed E-state index contributed by atoms with van der Waals surface area (Å²) in [5.74, 6) is 0. The molecule has 0 saturated carbocycles. The highest BCUT2D eigenvalue weighted by molar-refractivity contribution is 9.10. The Morgan fingerprint density at radius 3 is 2.69 bits per heavy atom. The average molecular weight is 247 g/mol. The molecule has 0 fully saturated rings. The van der Waals surface area contributed by atoms with Gasteiger partial charge in [-0.25, -0.2) is 13.8 Å². The lowest BCUT2D eigenvalue weighted by Crippen LogP contribution is -1.96. The topological polar surface area (TPSA) is 36.7 Å². The van der Waals surface area contributed by atoms with Gasteiger partial charge in [-0.05, 0) is 34.5 Å². The molecule has 13 heavy (non-hydrogen) atoms. The zero-order valence-electron chi connectivity index (χ0n) is 6.68. The van der Waals surface area contributed by atoms with Gasteiger partial charge >= 0.3 is 0 Å². The van der Waals surface area contributed by atoms with Gasteiger partial charge in [0, 0.05) is 0 Å². The maximum Gasteiger partial charge on any atom is 0.280 e. The first kappa shape index (κ1) is 10.1. The molecule has 0 unspecified atom stereocenters. The van der Waals surface area contributed by atoms with Gasteiger partial charge in [-0.3, -0.25) is 0 Å². The molecule has 0 atom stereocenters. The number of alkyl halides is 2. The fraction of sp³-hybridized carbons (Fsp3) is 0.250. The van der Waals surface area contributed by atoms with Crippen LogP contribution in [-0.4, -0.2) is 4.98 Å². The number of halogens is 3. The fourth-order valence-electron chi connectivity index (χ4n) is 0.868. The van der Waals surface area contributed by atoms with Crippen molar-refractivity contribution in [1.82, 2.24) is 4.98 Å². The molecule has 0 saturated heterocycles. The predicted molar refractivity (Wildman–Crippen MR) is 46.3 cm³/mol. The third-order valence-corrected chi connectivity index (χ3v) is 2.49. The van der Waals surface area contributed by atoms with Crippen LogP contribution in [0.1, 0.15) is 23.4 Å². The Labute approximate surface area is 82.3 Å². The summed E-state index contributed by atoms with van der Waals surface area (Å²) >= 11 is 3.09. The Hall–Kier alpha value is -1.02. The second-order valence-electron chi connectivity index (χ2n) is 2.44. The van der Waals surface area contributed by atoms with Gasteiger partial charge in [0.2, 0.25) is 0 Å². The van der Waals surface area contributed by atoms with Crippen LogP contribution in [0, 0.1) is 18.3 Å². The van der Waals surface area contributed by atoms with Crippen LogP contribution in [0.4, 0.5) is 8.78 Å². The molecule has 0 aliphatic rings. The zero-order chi connectivity index (χ0) is 10.0. The standard InChI is InChI=1S/C8H5BrF2N2/c1-4-2-5(8(10)11)13-6(3-12)7(4)9/h2,8H,1H3. The van der Waals surface area contributed by atoms with Crippen LogP contribution < -0.4 is 0 Å². The minimum absolute atomic E-state index is 0.00435. The van der Waals surface area contributed by atoms with Gasteiger partial charge in [0.05, 0.1) is 4.47 Å². The molecule has 0 spiro atoms. The van der Waals surface area contributed by atoms with E-state index in [0.717, 1.165) is 0 Å². The number of rotatable bonds is 1. The molecule has 1 aromatic rings. The van der Waals surface area contributed by atoms with E-state index in [9.17, 15) is 8.78 Å². The molecule has 68 valence electrons. The van der Waals surface area contributed by atoms with Gasteiger partial charge in [0.25, 0.3) is 6.43 Å². The molecule has 0 aliphatic heterocycles. The zero-order valence-corrected chi connectivity index (χ0v) is 8.27. The number of hydrogen-bond donors (Lipinski definition) is 0. The lowest BCUT2D eigenvalue weighted by molar-refractivity contribution is 0.146. The molecular weight excluding hydrogens is 242 g/mol. The Kier molecular flexibility index (Phi) is 2.94. The van der Waals surface area contributed by atoms with Gasteiger partial charge in [-0.2, -0.15) is 5.26 Å². The maximum absolute atomic E-state index is 12.2. The van der Waals surface area contributed by atoms with E-state index in [0.29, 0.717) is 10.0 Å². The Balaban J connectivity index is 3.32. The number of aryl methyl sites for hydroxylation is 1. The molecule has 0 aromatic carbocycles. The first-order valence-corrected chi connectivity index (χ1v) is 4.21. The highest BCUT2D eigenvalue weighted by Gasteiger charge is 2.13. The fourth-order valence-corrected chi connectivity index (χ4v) is 1.16. The second-order valence-corrected chi connectivity index (χ2v) is 3.23. The van der Waals surface area contributed by atoms with Crippen molar-refractivity contribution in [2.45, 2.75) is 13.3 Å². The van der Waals surface area contributed by atoms with E-state index in [1.165, 1.54) is 6.07 Å². The van der Waals surface area contributed by atoms with Gasteiger partial charge in [0.15, 0.2) is 5.69 Å². The summed E-state index contributed by atoms with van der Waals surface area (Å²) in [6, 6.07) is 3.00. The predicted octanol–water partition coefficient (Wildman–Crippen LogP) is 2.96. The summed E-state index contributed by atoms with van der Waals surface area (Å²) in [5, 5.41) is 8.56. The summed E-state index contributed by atoms with van der Waals surface area (Å²) in [5.41, 5.74) is 0.217. The van der Waals surface area contributed by atoms with Crippen LogP contribution in [0.2, 0.25) is 0 Å². The molecule has 1 aromatic heterocycles. The van der Waals surface area contributed by atoms with Crippen LogP contribution in [0.3, 0.4) is 0 Å². The van der Waals surface area contributed by atoms with Gasteiger partial charge in [-0.15, -0.1) is 0 Å². The first-order valence-electron chi connectivity index (χ1n) is 3.41. The Bertz CT molecular complexity index is 371. The van der Waals surface area contributed by atoms with Crippen molar-refractivity contribution in [3.63, 3.8) is 0 Å². The van der Waals surface area contributed by atoms with Crippen molar-refractivity contribution in [3.8, 4) is 6.07 Å². The SMILES string of the molecule is Cc1cc(C(F)F)nc(C#N)c1Br. The molecule has 0 radical (unpaired) electrons.